The molecule has 0 aromatic heterocycles. The summed E-state index contributed by atoms with van der Waals surface area (Å²) in [5.74, 6) is 1.02. The molecule has 0 bridgehead atoms. The quantitative estimate of drug-likeness (QED) is 0.556. The van der Waals surface area contributed by atoms with Crippen molar-refractivity contribution in [1.29, 1.82) is 0 Å². The topological polar surface area (TPSA) is 75.4 Å². The molecule has 1 aliphatic rings. The Bertz CT molecular complexity index is 221. The van der Waals surface area contributed by atoms with Gasteiger partial charge in [-0.15, -0.1) is 0 Å². The predicted molar refractivity (Wildman–Crippen MR) is 68.4 cm³/mol. The lowest BCUT2D eigenvalue weighted by molar-refractivity contribution is -0.121. The summed E-state index contributed by atoms with van der Waals surface area (Å²) >= 11 is 0. The van der Waals surface area contributed by atoms with Crippen molar-refractivity contribution in [1.82, 2.24) is 5.32 Å². The van der Waals surface area contributed by atoms with E-state index in [4.69, 9.17) is 5.73 Å². The third kappa shape index (κ3) is 5.50. The number of nitrogens with two attached hydrogens (primary N) is 1. The molecular weight excluding hydrogens is 216 g/mol. The van der Waals surface area contributed by atoms with Gasteiger partial charge in [0.1, 0.15) is 0 Å². The molecule has 1 saturated carbocycles. The number of aliphatic hydroxyl groups is 1. The molecule has 100 valence electrons. The molecular formula is C13H26N2O2. The second-order valence-corrected chi connectivity index (χ2v) is 5.04. The Morgan fingerprint density at radius 3 is 2.71 bits per heavy atom. The highest BCUT2D eigenvalue weighted by Gasteiger charge is 2.26. The van der Waals surface area contributed by atoms with Crippen LogP contribution in [0, 0.1) is 11.8 Å². The highest BCUT2D eigenvalue weighted by atomic mass is 16.3. The molecule has 0 aromatic carbocycles. The summed E-state index contributed by atoms with van der Waals surface area (Å²) in [7, 11) is 0. The van der Waals surface area contributed by atoms with Crippen LogP contribution in [0.2, 0.25) is 0 Å². The molecule has 0 heterocycles. The zero-order valence-corrected chi connectivity index (χ0v) is 10.7. The molecule has 1 fully saturated rings. The number of nitrogens with one attached hydrogen (secondary N) is 1. The first kappa shape index (κ1) is 14.5. The molecule has 1 rings (SSSR count). The smallest absolute Gasteiger partial charge is 0.220 e. The van der Waals surface area contributed by atoms with Gasteiger partial charge < -0.3 is 16.2 Å². The van der Waals surface area contributed by atoms with Crippen LogP contribution in [0.1, 0.15) is 44.9 Å². The summed E-state index contributed by atoms with van der Waals surface area (Å²) in [5, 5.41) is 12.2. The van der Waals surface area contributed by atoms with Gasteiger partial charge in [-0.2, -0.15) is 0 Å². The Morgan fingerprint density at radius 2 is 2.00 bits per heavy atom. The first-order valence-corrected chi connectivity index (χ1v) is 6.85. The first-order valence-electron chi connectivity index (χ1n) is 6.85. The summed E-state index contributed by atoms with van der Waals surface area (Å²) in [6, 6.07) is 0. The lowest BCUT2D eigenvalue weighted by atomic mass is 9.97. The number of hydrogen-bond donors (Lipinski definition) is 3. The van der Waals surface area contributed by atoms with Crippen molar-refractivity contribution in [3.8, 4) is 0 Å². The van der Waals surface area contributed by atoms with Crippen molar-refractivity contribution < 1.29 is 9.90 Å². The molecule has 0 aromatic rings. The minimum atomic E-state index is 0.144. The van der Waals surface area contributed by atoms with E-state index in [0.717, 1.165) is 38.6 Å². The number of hydrogen-bond acceptors (Lipinski definition) is 3. The van der Waals surface area contributed by atoms with E-state index in [0.29, 0.717) is 24.8 Å². The fraction of sp³-hybridized carbons (Fsp3) is 0.923. The summed E-state index contributed by atoms with van der Waals surface area (Å²) in [6.45, 7) is 1.71. The van der Waals surface area contributed by atoms with Gasteiger partial charge in [0.2, 0.25) is 5.91 Å². The van der Waals surface area contributed by atoms with E-state index in [1.807, 2.05) is 0 Å². The molecule has 2 atom stereocenters. The van der Waals surface area contributed by atoms with Crippen molar-refractivity contribution in [2.75, 3.05) is 19.7 Å². The van der Waals surface area contributed by atoms with Crippen LogP contribution in [-0.2, 0) is 4.79 Å². The highest BCUT2D eigenvalue weighted by molar-refractivity contribution is 5.75. The van der Waals surface area contributed by atoms with E-state index in [1.54, 1.807) is 0 Å². The van der Waals surface area contributed by atoms with E-state index in [2.05, 4.69) is 5.32 Å². The second-order valence-electron chi connectivity index (χ2n) is 5.04. The van der Waals surface area contributed by atoms with E-state index in [1.165, 1.54) is 6.42 Å². The number of carbonyl (C=O) groups excluding carboxylic acids is 1. The highest BCUT2D eigenvalue weighted by Crippen LogP contribution is 2.30. The summed E-state index contributed by atoms with van der Waals surface area (Å²) in [6.07, 6.45) is 7.00. The van der Waals surface area contributed by atoms with Crippen molar-refractivity contribution in [3.05, 3.63) is 0 Å². The van der Waals surface area contributed by atoms with Crippen LogP contribution in [0.4, 0.5) is 0 Å². The minimum absolute atomic E-state index is 0.144. The van der Waals surface area contributed by atoms with Gasteiger partial charge in [0.05, 0.1) is 0 Å². The Morgan fingerprint density at radius 1 is 1.24 bits per heavy atom. The Kier molecular flexibility index (Phi) is 7.21. The summed E-state index contributed by atoms with van der Waals surface area (Å²) in [4.78, 5) is 11.6. The zero-order valence-electron chi connectivity index (χ0n) is 10.7. The predicted octanol–water partition coefficient (Wildman–Crippen LogP) is 1.03. The van der Waals surface area contributed by atoms with Gasteiger partial charge in [0.15, 0.2) is 0 Å². The number of carbonyl (C=O) groups is 1. The Labute approximate surface area is 104 Å². The standard InChI is InChI=1S/C13H26N2O2/c14-8-3-1-2-7-13(17)15-9-11-5-4-6-12(11)10-16/h11-12,16H,1-10,14H2,(H,15,17). The molecule has 0 spiro atoms. The fourth-order valence-corrected chi connectivity index (χ4v) is 2.56. The van der Waals surface area contributed by atoms with Crippen LogP contribution in [0.15, 0.2) is 0 Å². The Balaban J connectivity index is 2.06. The first-order chi connectivity index (χ1) is 8.27. The van der Waals surface area contributed by atoms with Crippen LogP contribution in [-0.4, -0.2) is 30.7 Å². The minimum Gasteiger partial charge on any atom is -0.396 e. The largest absolute Gasteiger partial charge is 0.396 e. The molecule has 0 aliphatic heterocycles. The molecule has 1 amide bonds. The molecule has 1 aliphatic carbocycles. The van der Waals surface area contributed by atoms with Gasteiger partial charge in [0.25, 0.3) is 0 Å². The molecule has 2 unspecified atom stereocenters. The van der Waals surface area contributed by atoms with Crippen LogP contribution >= 0.6 is 0 Å². The van der Waals surface area contributed by atoms with Gasteiger partial charge >= 0.3 is 0 Å². The average molecular weight is 242 g/mol. The fourth-order valence-electron chi connectivity index (χ4n) is 2.56. The Hall–Kier alpha value is -0.610. The third-order valence-electron chi connectivity index (χ3n) is 3.72. The lowest BCUT2D eigenvalue weighted by Crippen LogP contribution is -2.31. The summed E-state index contributed by atoms with van der Waals surface area (Å²) < 4.78 is 0. The van der Waals surface area contributed by atoms with Gasteiger partial charge in [-0.05, 0) is 44.1 Å². The monoisotopic (exact) mass is 242 g/mol. The summed E-state index contributed by atoms with van der Waals surface area (Å²) in [5.41, 5.74) is 5.39. The lowest BCUT2D eigenvalue weighted by Gasteiger charge is -2.17. The van der Waals surface area contributed by atoms with Crippen molar-refractivity contribution in [2.45, 2.75) is 44.9 Å². The number of unbranched alkanes of at least 4 members (excludes halogenated alkanes) is 2. The van der Waals surface area contributed by atoms with Crippen molar-refractivity contribution in [3.63, 3.8) is 0 Å². The second kappa shape index (κ2) is 8.48. The van der Waals surface area contributed by atoms with Crippen LogP contribution in [0.5, 0.6) is 0 Å². The van der Waals surface area contributed by atoms with E-state index >= 15 is 0 Å². The number of rotatable bonds is 8. The molecule has 4 heteroatoms. The van der Waals surface area contributed by atoms with Crippen molar-refractivity contribution in [2.24, 2.45) is 17.6 Å². The van der Waals surface area contributed by atoms with Crippen molar-refractivity contribution >= 4 is 5.91 Å². The maximum absolute atomic E-state index is 11.6. The van der Waals surface area contributed by atoms with Crippen LogP contribution in [0.3, 0.4) is 0 Å². The van der Waals surface area contributed by atoms with Gasteiger partial charge in [-0.3, -0.25) is 4.79 Å². The van der Waals surface area contributed by atoms with Gasteiger partial charge in [-0.25, -0.2) is 0 Å². The number of amides is 1. The molecule has 4 nitrogen and oxygen atoms in total. The van der Waals surface area contributed by atoms with Crippen LogP contribution in [0.25, 0.3) is 0 Å². The normalized spacial score (nSPS) is 23.9. The molecule has 17 heavy (non-hydrogen) atoms. The molecule has 4 N–H and O–H groups in total. The maximum Gasteiger partial charge on any atom is 0.220 e. The number of aliphatic hydroxyl groups excluding tert-OH is 1. The van der Waals surface area contributed by atoms with E-state index < -0.39 is 0 Å². The maximum atomic E-state index is 11.6. The van der Waals surface area contributed by atoms with Gasteiger partial charge in [-0.1, -0.05) is 12.8 Å². The molecule has 0 saturated heterocycles. The zero-order chi connectivity index (χ0) is 12.5. The van der Waals surface area contributed by atoms with E-state index in [9.17, 15) is 9.90 Å². The van der Waals surface area contributed by atoms with E-state index in [-0.39, 0.29) is 12.5 Å². The average Bonchev–Trinajstić information content (AvgIpc) is 2.79. The van der Waals surface area contributed by atoms with Crippen LogP contribution < -0.4 is 11.1 Å². The SMILES string of the molecule is NCCCCCC(=O)NCC1CCCC1CO. The third-order valence-corrected chi connectivity index (χ3v) is 3.72. The molecule has 0 radical (unpaired) electrons. The van der Waals surface area contributed by atoms with Gasteiger partial charge in [0, 0.05) is 19.6 Å².